The van der Waals surface area contributed by atoms with Gasteiger partial charge in [0.25, 0.3) is 5.91 Å². The third-order valence-electron chi connectivity index (χ3n) is 2.79. The third kappa shape index (κ3) is 6.19. The van der Waals surface area contributed by atoms with Crippen LogP contribution in [0, 0.1) is 19.3 Å². The third-order valence-corrected chi connectivity index (χ3v) is 3.25. The van der Waals surface area contributed by atoms with Crippen molar-refractivity contribution in [2.24, 2.45) is 0 Å². The van der Waals surface area contributed by atoms with Gasteiger partial charge < -0.3 is 15.4 Å². The van der Waals surface area contributed by atoms with E-state index >= 15 is 0 Å². The number of aryl methyl sites for hydroxylation is 1. The minimum Gasteiger partial charge on any atom is -0.483 e. The lowest BCUT2D eigenvalue weighted by atomic mass is 10.1. The van der Waals surface area contributed by atoms with Gasteiger partial charge in [-0.25, -0.2) is 0 Å². The SMILES string of the molecule is C#CCNC(=O)COc1c(C)cc(Br)cc1CNCCC. The molecule has 2 N–H and O–H groups in total. The number of benzene rings is 1. The van der Waals surface area contributed by atoms with Crippen molar-refractivity contribution < 1.29 is 9.53 Å². The van der Waals surface area contributed by atoms with Crippen LogP contribution in [0.4, 0.5) is 0 Å². The lowest BCUT2D eigenvalue weighted by Crippen LogP contribution is -2.29. The topological polar surface area (TPSA) is 50.4 Å². The highest BCUT2D eigenvalue weighted by Gasteiger charge is 2.11. The summed E-state index contributed by atoms with van der Waals surface area (Å²) in [5.41, 5.74) is 2.02. The van der Waals surface area contributed by atoms with Crippen molar-refractivity contribution in [1.29, 1.82) is 0 Å². The molecule has 1 amide bonds. The zero-order valence-corrected chi connectivity index (χ0v) is 14.0. The van der Waals surface area contributed by atoms with Gasteiger partial charge >= 0.3 is 0 Å². The molecule has 1 aromatic rings. The standard InChI is InChI=1S/C16H21BrN2O2/c1-4-6-18-10-13-9-14(17)8-12(3)16(13)21-11-15(20)19-7-5-2/h2,8-9,18H,4,6-7,10-11H2,1,3H3,(H,19,20). The van der Waals surface area contributed by atoms with Gasteiger partial charge in [-0.1, -0.05) is 28.8 Å². The molecule has 0 atom stereocenters. The summed E-state index contributed by atoms with van der Waals surface area (Å²) in [6.07, 6.45) is 6.17. The van der Waals surface area contributed by atoms with Gasteiger partial charge in [0.1, 0.15) is 5.75 Å². The molecule has 0 aliphatic rings. The van der Waals surface area contributed by atoms with Crippen molar-refractivity contribution in [2.75, 3.05) is 19.7 Å². The minimum atomic E-state index is -0.220. The van der Waals surface area contributed by atoms with Crippen LogP contribution in [0.3, 0.4) is 0 Å². The van der Waals surface area contributed by atoms with Gasteiger partial charge in [0.2, 0.25) is 0 Å². The van der Waals surface area contributed by atoms with Gasteiger partial charge in [0, 0.05) is 16.6 Å². The predicted molar refractivity (Wildman–Crippen MR) is 88.2 cm³/mol. The summed E-state index contributed by atoms with van der Waals surface area (Å²) in [5.74, 6) is 2.89. The molecule has 0 heterocycles. The number of ether oxygens (including phenoxy) is 1. The van der Waals surface area contributed by atoms with Gasteiger partial charge in [-0.2, -0.15) is 0 Å². The fourth-order valence-corrected chi connectivity index (χ4v) is 2.50. The molecular formula is C16H21BrN2O2. The highest BCUT2D eigenvalue weighted by atomic mass is 79.9. The molecule has 21 heavy (non-hydrogen) atoms. The Balaban J connectivity index is 2.74. The van der Waals surface area contributed by atoms with Gasteiger partial charge in [0.15, 0.2) is 6.61 Å². The van der Waals surface area contributed by atoms with E-state index in [1.807, 2.05) is 19.1 Å². The zero-order valence-electron chi connectivity index (χ0n) is 12.5. The molecule has 5 heteroatoms. The predicted octanol–water partition coefficient (Wildman–Crippen LogP) is 2.39. The van der Waals surface area contributed by atoms with Crippen LogP contribution in [0.25, 0.3) is 0 Å². The number of carbonyl (C=O) groups is 1. The molecule has 1 rings (SSSR count). The van der Waals surface area contributed by atoms with E-state index in [1.54, 1.807) is 0 Å². The lowest BCUT2D eigenvalue weighted by molar-refractivity contribution is -0.122. The Bertz CT molecular complexity index is 524. The Morgan fingerprint density at radius 3 is 2.90 bits per heavy atom. The van der Waals surface area contributed by atoms with Crippen LogP contribution in [-0.4, -0.2) is 25.6 Å². The first-order valence-corrected chi connectivity index (χ1v) is 7.70. The number of carbonyl (C=O) groups excluding carboxylic acids is 1. The van der Waals surface area contributed by atoms with Crippen LogP contribution in [0.15, 0.2) is 16.6 Å². The summed E-state index contributed by atoms with van der Waals surface area (Å²) < 4.78 is 6.67. The quantitative estimate of drug-likeness (QED) is 0.557. The van der Waals surface area contributed by atoms with E-state index in [0.717, 1.165) is 34.3 Å². The minimum absolute atomic E-state index is 0.0368. The number of halogens is 1. The van der Waals surface area contributed by atoms with Gasteiger partial charge in [-0.15, -0.1) is 6.42 Å². The molecule has 0 saturated heterocycles. The smallest absolute Gasteiger partial charge is 0.258 e. The molecule has 0 fully saturated rings. The molecule has 0 aliphatic carbocycles. The number of amides is 1. The van der Waals surface area contributed by atoms with Crippen molar-refractivity contribution in [3.63, 3.8) is 0 Å². The largest absolute Gasteiger partial charge is 0.483 e. The number of rotatable bonds is 8. The molecule has 0 aromatic heterocycles. The maximum absolute atomic E-state index is 11.6. The number of terminal acetylenes is 1. The summed E-state index contributed by atoms with van der Waals surface area (Å²) >= 11 is 3.49. The second-order valence-corrected chi connectivity index (χ2v) is 5.57. The molecular weight excluding hydrogens is 332 g/mol. The average molecular weight is 353 g/mol. The maximum atomic E-state index is 11.6. The van der Waals surface area contributed by atoms with Gasteiger partial charge in [-0.05, 0) is 37.6 Å². The van der Waals surface area contributed by atoms with Crippen LogP contribution in [0.1, 0.15) is 24.5 Å². The maximum Gasteiger partial charge on any atom is 0.258 e. The highest BCUT2D eigenvalue weighted by molar-refractivity contribution is 9.10. The van der Waals surface area contributed by atoms with E-state index in [1.165, 1.54) is 0 Å². The molecule has 0 bridgehead atoms. The summed E-state index contributed by atoms with van der Waals surface area (Å²) in [6.45, 7) is 5.90. The van der Waals surface area contributed by atoms with E-state index in [2.05, 4.69) is 39.4 Å². The van der Waals surface area contributed by atoms with E-state index in [-0.39, 0.29) is 19.1 Å². The van der Waals surface area contributed by atoms with Crippen LogP contribution in [-0.2, 0) is 11.3 Å². The normalized spacial score (nSPS) is 10.0. The van der Waals surface area contributed by atoms with Gasteiger partial charge in [-0.3, -0.25) is 4.79 Å². The van der Waals surface area contributed by atoms with Crippen molar-refractivity contribution in [1.82, 2.24) is 10.6 Å². The molecule has 114 valence electrons. The Morgan fingerprint density at radius 2 is 2.24 bits per heavy atom. The van der Waals surface area contributed by atoms with E-state index in [4.69, 9.17) is 11.2 Å². The van der Waals surface area contributed by atoms with Crippen LogP contribution < -0.4 is 15.4 Å². The lowest BCUT2D eigenvalue weighted by Gasteiger charge is -2.15. The Hall–Kier alpha value is -1.51. The van der Waals surface area contributed by atoms with Crippen molar-refractivity contribution in [2.45, 2.75) is 26.8 Å². The number of hydrogen-bond donors (Lipinski definition) is 2. The molecule has 0 saturated carbocycles. The highest BCUT2D eigenvalue weighted by Crippen LogP contribution is 2.28. The molecule has 0 spiro atoms. The molecule has 1 aromatic carbocycles. The molecule has 0 unspecified atom stereocenters. The fourth-order valence-electron chi connectivity index (χ4n) is 1.88. The Kier molecular flexibility index (Phi) is 7.88. The molecule has 0 radical (unpaired) electrons. The van der Waals surface area contributed by atoms with Gasteiger partial charge in [0.05, 0.1) is 6.54 Å². The van der Waals surface area contributed by atoms with E-state index in [0.29, 0.717) is 6.54 Å². The summed E-state index contributed by atoms with van der Waals surface area (Å²) in [7, 11) is 0. The average Bonchev–Trinajstić information content (AvgIpc) is 2.44. The molecule has 4 nitrogen and oxygen atoms in total. The van der Waals surface area contributed by atoms with Crippen molar-refractivity contribution in [3.05, 3.63) is 27.7 Å². The van der Waals surface area contributed by atoms with Crippen molar-refractivity contribution in [3.8, 4) is 18.1 Å². The van der Waals surface area contributed by atoms with E-state index in [9.17, 15) is 4.79 Å². The Labute approximate surface area is 134 Å². The van der Waals surface area contributed by atoms with Crippen LogP contribution in [0.5, 0.6) is 5.75 Å². The summed E-state index contributed by atoms with van der Waals surface area (Å²) in [6, 6.07) is 3.97. The zero-order chi connectivity index (χ0) is 15.7. The summed E-state index contributed by atoms with van der Waals surface area (Å²) in [5, 5.41) is 5.92. The first kappa shape index (κ1) is 17.5. The number of nitrogens with one attached hydrogen (secondary N) is 2. The fraction of sp³-hybridized carbons (Fsp3) is 0.438. The first-order chi connectivity index (χ1) is 10.1. The monoisotopic (exact) mass is 352 g/mol. The van der Waals surface area contributed by atoms with E-state index < -0.39 is 0 Å². The summed E-state index contributed by atoms with van der Waals surface area (Å²) in [4.78, 5) is 11.6. The van der Waals surface area contributed by atoms with Crippen molar-refractivity contribution >= 4 is 21.8 Å². The first-order valence-electron chi connectivity index (χ1n) is 6.91. The second-order valence-electron chi connectivity index (χ2n) is 4.66. The van der Waals surface area contributed by atoms with Crippen LogP contribution in [0.2, 0.25) is 0 Å². The second kappa shape index (κ2) is 9.43. The van der Waals surface area contributed by atoms with Crippen LogP contribution >= 0.6 is 15.9 Å². The molecule has 0 aliphatic heterocycles. The number of hydrogen-bond acceptors (Lipinski definition) is 3. The Morgan fingerprint density at radius 1 is 1.48 bits per heavy atom.